The predicted molar refractivity (Wildman–Crippen MR) is 142 cm³/mol. The summed E-state index contributed by atoms with van der Waals surface area (Å²) in [5.41, 5.74) is 4.23. The van der Waals surface area contributed by atoms with Crippen molar-refractivity contribution >= 4 is 43.4 Å². The Labute approximate surface area is 232 Å². The van der Waals surface area contributed by atoms with Gasteiger partial charge in [-0.1, -0.05) is 11.3 Å². The third-order valence-corrected chi connectivity index (χ3v) is 9.75. The predicted octanol–water partition coefficient (Wildman–Crippen LogP) is 3.28. The van der Waals surface area contributed by atoms with Gasteiger partial charge in [0.25, 0.3) is 0 Å². The van der Waals surface area contributed by atoms with E-state index in [9.17, 15) is 26.4 Å². The molecule has 2 aliphatic heterocycles. The van der Waals surface area contributed by atoms with Crippen LogP contribution in [0.4, 0.5) is 28.9 Å². The number of hydrogen-bond acceptors (Lipinski definition) is 10. The number of rotatable bonds is 5. The SMILES string of the molecule is CC(C)(C)OC(=O)N1CC(S(=O)(=O)N2CCC(Nc3nn4c(-c5cnc(N)c(C(F)(F)F)c5)cnc4s3)CC2)C1. The Morgan fingerprint density at radius 2 is 1.82 bits per heavy atom. The number of aromatic nitrogens is 4. The van der Waals surface area contributed by atoms with Crippen molar-refractivity contribution in [2.24, 2.45) is 0 Å². The highest BCUT2D eigenvalue weighted by Crippen LogP contribution is 2.36. The van der Waals surface area contributed by atoms with Crippen LogP contribution in [0.15, 0.2) is 18.5 Å². The highest BCUT2D eigenvalue weighted by molar-refractivity contribution is 7.89. The van der Waals surface area contributed by atoms with Crippen LogP contribution in [0, 0.1) is 0 Å². The number of fused-ring (bicyclic) bond motifs is 1. The second kappa shape index (κ2) is 10.0. The summed E-state index contributed by atoms with van der Waals surface area (Å²) in [6.07, 6.45) is -1.44. The summed E-state index contributed by atoms with van der Waals surface area (Å²) in [6, 6.07) is 0.865. The molecule has 0 bridgehead atoms. The maximum absolute atomic E-state index is 13.3. The van der Waals surface area contributed by atoms with Gasteiger partial charge in [0.2, 0.25) is 20.1 Å². The summed E-state index contributed by atoms with van der Waals surface area (Å²) in [6.45, 7) is 6.09. The van der Waals surface area contributed by atoms with E-state index in [4.69, 9.17) is 10.5 Å². The fourth-order valence-electron chi connectivity index (χ4n) is 4.53. The minimum absolute atomic E-state index is 0.0552. The van der Waals surface area contributed by atoms with E-state index >= 15 is 0 Å². The number of ether oxygens (including phenoxy) is 1. The molecule has 2 fully saturated rings. The number of halogens is 3. The number of nitrogens with one attached hydrogen (secondary N) is 1. The van der Waals surface area contributed by atoms with Crippen LogP contribution in [-0.2, 0) is 20.9 Å². The molecule has 3 aromatic rings. The molecule has 218 valence electrons. The van der Waals surface area contributed by atoms with Gasteiger partial charge < -0.3 is 20.7 Å². The summed E-state index contributed by atoms with van der Waals surface area (Å²) in [5, 5.41) is 7.61. The minimum Gasteiger partial charge on any atom is -0.444 e. The Hall–Kier alpha value is -3.18. The molecule has 2 saturated heterocycles. The molecular weight excluding hydrogens is 573 g/mol. The zero-order chi connectivity index (χ0) is 29.0. The fourth-order valence-corrected chi connectivity index (χ4v) is 7.26. The van der Waals surface area contributed by atoms with Gasteiger partial charge in [-0.15, -0.1) is 5.10 Å². The molecule has 5 heterocycles. The van der Waals surface area contributed by atoms with Crippen molar-refractivity contribution in [2.75, 3.05) is 37.2 Å². The normalized spacial score (nSPS) is 18.2. The van der Waals surface area contributed by atoms with Gasteiger partial charge >= 0.3 is 12.3 Å². The molecule has 0 aromatic carbocycles. The van der Waals surface area contributed by atoms with E-state index in [1.165, 1.54) is 37.5 Å². The average Bonchev–Trinajstić information content (AvgIpc) is 3.37. The van der Waals surface area contributed by atoms with Crippen molar-refractivity contribution in [3.8, 4) is 11.3 Å². The van der Waals surface area contributed by atoms with Crippen LogP contribution >= 0.6 is 11.3 Å². The molecule has 0 saturated carbocycles. The van der Waals surface area contributed by atoms with Gasteiger partial charge in [0.15, 0.2) is 0 Å². The lowest BCUT2D eigenvalue weighted by Crippen LogP contribution is -2.61. The molecule has 0 atom stereocenters. The molecule has 5 rings (SSSR count). The Balaban J connectivity index is 1.19. The number of pyridine rings is 1. The Bertz CT molecular complexity index is 1520. The molecule has 0 unspecified atom stereocenters. The lowest BCUT2D eigenvalue weighted by atomic mass is 10.1. The summed E-state index contributed by atoms with van der Waals surface area (Å²) in [5.74, 6) is -0.608. The molecule has 1 amide bonds. The summed E-state index contributed by atoms with van der Waals surface area (Å²) < 4.78 is 74.2. The molecular formula is C23H29F3N8O4S2. The van der Waals surface area contributed by atoms with E-state index in [0.717, 1.165) is 6.07 Å². The van der Waals surface area contributed by atoms with Crippen LogP contribution in [0.25, 0.3) is 16.2 Å². The van der Waals surface area contributed by atoms with E-state index in [-0.39, 0.29) is 24.7 Å². The second-order valence-corrected chi connectivity index (χ2v) is 13.9. The van der Waals surface area contributed by atoms with Crippen LogP contribution in [0.2, 0.25) is 0 Å². The number of alkyl halides is 3. The van der Waals surface area contributed by atoms with Crippen LogP contribution in [-0.4, -0.2) is 86.4 Å². The van der Waals surface area contributed by atoms with Crippen LogP contribution in [0.1, 0.15) is 39.2 Å². The lowest BCUT2D eigenvalue weighted by Gasteiger charge is -2.42. The summed E-state index contributed by atoms with van der Waals surface area (Å²) in [4.78, 5) is 21.9. The third kappa shape index (κ3) is 5.67. The first-order chi connectivity index (χ1) is 18.6. The second-order valence-electron chi connectivity index (χ2n) is 10.8. The molecule has 0 spiro atoms. The lowest BCUT2D eigenvalue weighted by molar-refractivity contribution is -0.137. The van der Waals surface area contributed by atoms with Crippen molar-refractivity contribution in [1.29, 1.82) is 0 Å². The van der Waals surface area contributed by atoms with Crippen molar-refractivity contribution in [1.82, 2.24) is 28.8 Å². The first-order valence-electron chi connectivity index (χ1n) is 12.5. The summed E-state index contributed by atoms with van der Waals surface area (Å²) in [7, 11) is -3.56. The number of likely N-dealkylation sites (tertiary alicyclic amines) is 1. The number of carbonyl (C=O) groups excluding carboxylic acids is 1. The number of sulfonamides is 1. The number of hydrogen-bond donors (Lipinski definition) is 2. The van der Waals surface area contributed by atoms with E-state index in [0.29, 0.717) is 41.7 Å². The van der Waals surface area contributed by atoms with E-state index in [2.05, 4.69) is 20.4 Å². The first kappa shape index (κ1) is 28.4. The van der Waals surface area contributed by atoms with Gasteiger partial charge in [-0.05, 0) is 39.7 Å². The standard InChI is InChI=1S/C23H29F3N8O4S2/c1-22(2,3)38-21(35)32-11-15(12-32)40(36,37)33-6-4-14(5-7-33)30-19-31-34-17(10-29-20(34)39-19)13-8-16(23(24,25)26)18(27)28-9-13/h8-10,14-15H,4-7,11-12H2,1-3H3,(H2,27,28)(H,30,31). The van der Waals surface area contributed by atoms with Gasteiger partial charge in [0, 0.05) is 44.0 Å². The first-order valence-corrected chi connectivity index (χ1v) is 14.8. The number of nitrogens with two attached hydrogens (primary N) is 1. The van der Waals surface area contributed by atoms with Crippen molar-refractivity contribution in [3.05, 3.63) is 24.0 Å². The van der Waals surface area contributed by atoms with Gasteiger partial charge in [-0.3, -0.25) is 0 Å². The molecule has 0 aliphatic carbocycles. The number of piperidine rings is 1. The molecule has 17 heteroatoms. The topological polar surface area (TPSA) is 148 Å². The Morgan fingerprint density at radius 3 is 2.45 bits per heavy atom. The van der Waals surface area contributed by atoms with Crippen molar-refractivity contribution in [2.45, 2.75) is 56.7 Å². The molecule has 3 N–H and O–H groups in total. The number of amides is 1. The highest BCUT2D eigenvalue weighted by Gasteiger charge is 2.45. The maximum atomic E-state index is 13.3. The Kier molecular flexibility index (Phi) is 7.11. The minimum atomic E-state index is -4.65. The number of carbonyl (C=O) groups is 1. The number of nitrogen functional groups attached to an aromatic ring is 1. The fraction of sp³-hybridized carbons (Fsp3) is 0.565. The van der Waals surface area contributed by atoms with Crippen molar-refractivity contribution < 1.29 is 31.1 Å². The quantitative estimate of drug-likeness (QED) is 0.449. The third-order valence-electron chi connectivity index (χ3n) is 6.67. The van der Waals surface area contributed by atoms with Gasteiger partial charge in [0.05, 0.1) is 17.5 Å². The number of nitrogens with zero attached hydrogens (tertiary/aromatic N) is 6. The van der Waals surface area contributed by atoms with Crippen molar-refractivity contribution in [3.63, 3.8) is 0 Å². The van der Waals surface area contributed by atoms with Gasteiger partial charge in [-0.2, -0.15) is 13.2 Å². The average molecular weight is 603 g/mol. The smallest absolute Gasteiger partial charge is 0.419 e. The molecule has 2 aliphatic rings. The highest BCUT2D eigenvalue weighted by atomic mass is 32.2. The summed E-state index contributed by atoms with van der Waals surface area (Å²) >= 11 is 1.23. The zero-order valence-electron chi connectivity index (χ0n) is 22.0. The molecule has 0 radical (unpaired) electrons. The van der Waals surface area contributed by atoms with E-state index in [1.807, 2.05) is 0 Å². The monoisotopic (exact) mass is 602 g/mol. The van der Waals surface area contributed by atoms with Gasteiger partial charge in [-0.25, -0.2) is 32.0 Å². The number of imidazole rings is 1. The largest absolute Gasteiger partial charge is 0.444 e. The number of anilines is 2. The van der Waals surface area contributed by atoms with Crippen LogP contribution in [0.3, 0.4) is 0 Å². The maximum Gasteiger partial charge on any atom is 0.419 e. The Morgan fingerprint density at radius 1 is 1.15 bits per heavy atom. The van der Waals surface area contributed by atoms with Crippen LogP contribution < -0.4 is 11.1 Å². The zero-order valence-corrected chi connectivity index (χ0v) is 23.6. The van der Waals surface area contributed by atoms with Crippen LogP contribution in [0.5, 0.6) is 0 Å². The molecule has 12 nitrogen and oxygen atoms in total. The molecule has 3 aromatic heterocycles. The van der Waals surface area contributed by atoms with E-state index in [1.54, 1.807) is 20.8 Å². The molecule has 40 heavy (non-hydrogen) atoms. The van der Waals surface area contributed by atoms with Gasteiger partial charge in [0.1, 0.15) is 16.7 Å². The van der Waals surface area contributed by atoms with E-state index < -0.39 is 44.5 Å².